The van der Waals surface area contributed by atoms with Crippen LogP contribution in [0, 0.1) is 6.92 Å². The van der Waals surface area contributed by atoms with Gasteiger partial charge in [-0.2, -0.15) is 5.10 Å². The summed E-state index contributed by atoms with van der Waals surface area (Å²) in [6, 6.07) is 0. The van der Waals surface area contributed by atoms with Gasteiger partial charge in [-0.3, -0.25) is 4.68 Å². The van der Waals surface area contributed by atoms with Gasteiger partial charge in [0.25, 0.3) is 0 Å². The largest absolute Gasteiger partial charge is 0.389 e. The number of anilines is 1. The lowest BCUT2D eigenvalue weighted by molar-refractivity contribution is 0.756. The van der Waals surface area contributed by atoms with Gasteiger partial charge in [-0.25, -0.2) is 0 Å². The summed E-state index contributed by atoms with van der Waals surface area (Å²) in [7, 11) is 1.88. The molecule has 0 amide bonds. The maximum Gasteiger partial charge on any atom is 0.134 e. The molecular weight excluding hydrogens is 196 g/mol. The number of nitrogens with zero attached hydrogens (tertiary/aromatic N) is 2. The summed E-state index contributed by atoms with van der Waals surface area (Å²) >= 11 is 4.99. The highest BCUT2D eigenvalue weighted by Crippen LogP contribution is 2.18. The van der Waals surface area contributed by atoms with E-state index in [9.17, 15) is 0 Å². The summed E-state index contributed by atoms with van der Waals surface area (Å²) < 4.78 is 1.78. The monoisotopic (exact) mass is 212 g/mol. The van der Waals surface area contributed by atoms with Crippen molar-refractivity contribution >= 4 is 23.0 Å². The third-order valence-electron chi connectivity index (χ3n) is 2.01. The van der Waals surface area contributed by atoms with E-state index in [1.807, 2.05) is 14.0 Å². The maximum absolute atomic E-state index is 5.64. The summed E-state index contributed by atoms with van der Waals surface area (Å²) in [5, 5.41) is 7.54. The lowest BCUT2D eigenvalue weighted by atomic mass is 10.2. The molecular formula is C9H16N4S. The molecule has 4 nitrogen and oxygen atoms in total. The zero-order valence-corrected chi connectivity index (χ0v) is 9.61. The smallest absolute Gasteiger partial charge is 0.134 e. The summed E-state index contributed by atoms with van der Waals surface area (Å²) in [6.07, 6.45) is 1.06. The van der Waals surface area contributed by atoms with Gasteiger partial charge in [-0.1, -0.05) is 19.1 Å². The van der Waals surface area contributed by atoms with E-state index in [-0.39, 0.29) is 0 Å². The minimum absolute atomic E-state index is 0.397. The van der Waals surface area contributed by atoms with Crippen LogP contribution < -0.4 is 11.1 Å². The van der Waals surface area contributed by atoms with Crippen LogP contribution in [0.3, 0.4) is 0 Å². The second-order valence-corrected chi connectivity index (χ2v) is 3.66. The van der Waals surface area contributed by atoms with Crippen LogP contribution in [0.2, 0.25) is 0 Å². The predicted molar refractivity (Wildman–Crippen MR) is 62.6 cm³/mol. The Morgan fingerprint density at radius 2 is 2.29 bits per heavy atom. The molecule has 1 rings (SSSR count). The fourth-order valence-corrected chi connectivity index (χ4v) is 1.64. The molecule has 78 valence electrons. The molecule has 3 N–H and O–H groups in total. The first kappa shape index (κ1) is 11.0. The summed E-state index contributed by atoms with van der Waals surface area (Å²) in [5.41, 5.74) is 7.37. The van der Waals surface area contributed by atoms with Gasteiger partial charge in [0.1, 0.15) is 10.8 Å². The Hall–Kier alpha value is -1.10. The van der Waals surface area contributed by atoms with Crippen molar-refractivity contribution in [2.24, 2.45) is 12.8 Å². The molecule has 0 radical (unpaired) electrons. The fraction of sp³-hybridized carbons (Fsp3) is 0.556. The second kappa shape index (κ2) is 4.41. The molecule has 0 aliphatic carbocycles. The minimum atomic E-state index is 0.397. The van der Waals surface area contributed by atoms with E-state index >= 15 is 0 Å². The number of aromatic nitrogens is 2. The molecule has 0 saturated heterocycles. The van der Waals surface area contributed by atoms with Crippen molar-refractivity contribution in [1.29, 1.82) is 0 Å². The minimum Gasteiger partial charge on any atom is -0.389 e. The summed E-state index contributed by atoms with van der Waals surface area (Å²) in [6.45, 7) is 4.91. The van der Waals surface area contributed by atoms with E-state index in [4.69, 9.17) is 18.0 Å². The van der Waals surface area contributed by atoms with Crippen LogP contribution in [0.1, 0.15) is 24.6 Å². The van der Waals surface area contributed by atoms with Gasteiger partial charge >= 0.3 is 0 Å². The quantitative estimate of drug-likeness (QED) is 0.736. The third kappa shape index (κ3) is 2.04. The molecule has 0 aliphatic rings. The fourth-order valence-electron chi connectivity index (χ4n) is 1.40. The van der Waals surface area contributed by atoms with Crippen LogP contribution in [-0.4, -0.2) is 21.3 Å². The summed E-state index contributed by atoms with van der Waals surface area (Å²) in [4.78, 5) is 0.397. The Labute approximate surface area is 89.5 Å². The van der Waals surface area contributed by atoms with Crippen molar-refractivity contribution in [3.8, 4) is 0 Å². The Kier molecular flexibility index (Phi) is 3.46. The first-order valence-corrected chi connectivity index (χ1v) is 5.06. The van der Waals surface area contributed by atoms with Crippen molar-refractivity contribution < 1.29 is 0 Å². The van der Waals surface area contributed by atoms with E-state index in [1.165, 1.54) is 0 Å². The van der Waals surface area contributed by atoms with Crippen LogP contribution in [0.25, 0.3) is 0 Å². The number of nitrogens with one attached hydrogen (secondary N) is 1. The average molecular weight is 212 g/mol. The van der Waals surface area contributed by atoms with Crippen LogP contribution in [0.4, 0.5) is 5.82 Å². The van der Waals surface area contributed by atoms with Crippen molar-refractivity contribution in [2.45, 2.75) is 20.3 Å². The van der Waals surface area contributed by atoms with Crippen LogP contribution in [0.15, 0.2) is 0 Å². The number of thiocarbonyl (C=S) groups is 1. The topological polar surface area (TPSA) is 55.9 Å². The van der Waals surface area contributed by atoms with Gasteiger partial charge in [0, 0.05) is 13.6 Å². The van der Waals surface area contributed by atoms with Gasteiger partial charge in [0.05, 0.1) is 11.3 Å². The Morgan fingerprint density at radius 3 is 2.79 bits per heavy atom. The third-order valence-corrected chi connectivity index (χ3v) is 2.22. The average Bonchev–Trinajstić information content (AvgIpc) is 2.37. The maximum atomic E-state index is 5.64. The van der Waals surface area contributed by atoms with E-state index in [1.54, 1.807) is 4.68 Å². The lowest BCUT2D eigenvalue weighted by Crippen LogP contribution is -2.14. The SMILES string of the molecule is CCCNc1c(C(N)=S)c(C)nn1C. The molecule has 0 saturated carbocycles. The first-order chi connectivity index (χ1) is 6.57. The zero-order chi connectivity index (χ0) is 10.7. The van der Waals surface area contributed by atoms with Crippen LogP contribution >= 0.6 is 12.2 Å². The van der Waals surface area contributed by atoms with Gasteiger partial charge in [0.2, 0.25) is 0 Å². The molecule has 14 heavy (non-hydrogen) atoms. The first-order valence-electron chi connectivity index (χ1n) is 4.65. The molecule has 0 aromatic carbocycles. The number of hydrogen-bond acceptors (Lipinski definition) is 3. The van der Waals surface area contributed by atoms with Gasteiger partial charge in [-0.15, -0.1) is 0 Å². The molecule has 0 unspecified atom stereocenters. The van der Waals surface area contributed by atoms with E-state index < -0.39 is 0 Å². The van der Waals surface area contributed by atoms with E-state index in [0.717, 1.165) is 30.0 Å². The highest BCUT2D eigenvalue weighted by molar-refractivity contribution is 7.80. The van der Waals surface area contributed by atoms with Crippen LogP contribution in [-0.2, 0) is 7.05 Å². The van der Waals surface area contributed by atoms with Crippen molar-refractivity contribution in [2.75, 3.05) is 11.9 Å². The molecule has 5 heteroatoms. The number of nitrogens with two attached hydrogens (primary N) is 1. The second-order valence-electron chi connectivity index (χ2n) is 3.22. The lowest BCUT2D eigenvalue weighted by Gasteiger charge is -2.07. The Balaban J connectivity index is 3.05. The predicted octanol–water partition coefficient (Wildman–Crippen LogP) is 1.18. The van der Waals surface area contributed by atoms with Gasteiger partial charge in [-0.05, 0) is 13.3 Å². The molecule has 0 aliphatic heterocycles. The molecule has 1 aromatic rings. The normalized spacial score (nSPS) is 10.2. The number of aryl methyl sites for hydroxylation is 2. The molecule has 0 bridgehead atoms. The highest BCUT2D eigenvalue weighted by atomic mass is 32.1. The molecule has 0 atom stereocenters. The molecule has 0 fully saturated rings. The zero-order valence-electron chi connectivity index (χ0n) is 8.79. The molecule has 1 heterocycles. The highest BCUT2D eigenvalue weighted by Gasteiger charge is 2.14. The Bertz CT molecular complexity index is 343. The molecule has 0 spiro atoms. The van der Waals surface area contributed by atoms with E-state index in [0.29, 0.717) is 4.99 Å². The van der Waals surface area contributed by atoms with Crippen LogP contribution in [0.5, 0.6) is 0 Å². The van der Waals surface area contributed by atoms with Crippen molar-refractivity contribution in [3.05, 3.63) is 11.3 Å². The number of rotatable bonds is 4. The van der Waals surface area contributed by atoms with Crippen molar-refractivity contribution in [1.82, 2.24) is 9.78 Å². The standard InChI is InChI=1S/C9H16N4S/c1-4-5-11-9-7(8(10)14)6(2)12-13(9)3/h11H,4-5H2,1-3H3,(H2,10,14). The van der Waals surface area contributed by atoms with Gasteiger partial charge in [0.15, 0.2) is 0 Å². The molecule has 1 aromatic heterocycles. The number of hydrogen-bond donors (Lipinski definition) is 2. The van der Waals surface area contributed by atoms with Crippen molar-refractivity contribution in [3.63, 3.8) is 0 Å². The summed E-state index contributed by atoms with van der Waals surface area (Å²) in [5.74, 6) is 0.914. The van der Waals surface area contributed by atoms with Gasteiger partial charge < -0.3 is 11.1 Å². The Morgan fingerprint density at radius 1 is 1.64 bits per heavy atom. The van der Waals surface area contributed by atoms with E-state index in [2.05, 4.69) is 17.3 Å².